The van der Waals surface area contributed by atoms with Gasteiger partial charge >= 0.3 is 195 Å². The monoisotopic (exact) mass is 585 g/mol. The van der Waals surface area contributed by atoms with Crippen LogP contribution in [0.2, 0.25) is 27.8 Å². The van der Waals surface area contributed by atoms with Gasteiger partial charge in [0.05, 0.1) is 0 Å². The van der Waals surface area contributed by atoms with E-state index in [1.54, 1.807) is 12.1 Å². The van der Waals surface area contributed by atoms with Crippen LogP contribution in [-0.4, -0.2) is 66.4 Å². The zero-order valence-corrected chi connectivity index (χ0v) is 24.0. The molecule has 0 unspecified atom stereocenters. The molecule has 5 nitrogen and oxygen atoms in total. The standard InChI is InChI=1S/C21H35NO4SSe2Si/c1-15-7-9-16(10-8-15)27(24,25)22-17-14-21(23,19-13-18(17)28-29-19)11-12-26-30(5,6)20(2,3)4/h7-10,17-19,22-23H,11-14H2,1-6H3/t17-,18-,19+,21+/m0/s1. The molecule has 1 aromatic rings. The quantitative estimate of drug-likeness (QED) is 0.482. The molecule has 9 heteroatoms. The van der Waals surface area contributed by atoms with E-state index in [0.29, 0.717) is 60.2 Å². The van der Waals surface area contributed by atoms with Gasteiger partial charge in [-0.05, 0) is 0 Å². The van der Waals surface area contributed by atoms with E-state index in [2.05, 4.69) is 38.6 Å². The molecule has 1 saturated carbocycles. The van der Waals surface area contributed by atoms with Crippen LogP contribution in [0.3, 0.4) is 0 Å². The maximum atomic E-state index is 13.0. The van der Waals surface area contributed by atoms with Crippen LogP contribution in [0.4, 0.5) is 0 Å². The molecular formula is C21H35NO4SSe2Si. The van der Waals surface area contributed by atoms with Crippen LogP contribution >= 0.6 is 0 Å². The Labute approximate surface area is 194 Å². The number of rotatable bonds is 7. The average Bonchev–Trinajstić information content (AvgIpc) is 3.06. The van der Waals surface area contributed by atoms with Gasteiger partial charge in [0.15, 0.2) is 0 Å². The SMILES string of the molecule is Cc1ccc(S(=O)(=O)N[C@H]2C[C@](O)(CCO[Si](C)(C)C(C)(C)C)[C@H]3C[C@@H]2[Se][Se]3)cc1. The third-order valence-electron chi connectivity index (χ3n) is 6.81. The van der Waals surface area contributed by atoms with E-state index in [9.17, 15) is 13.5 Å². The van der Waals surface area contributed by atoms with Crippen molar-refractivity contribution in [2.45, 2.75) is 91.3 Å². The summed E-state index contributed by atoms with van der Waals surface area (Å²) in [6.07, 6.45) is 2.03. The molecule has 1 saturated heterocycles. The normalized spacial score (nSPS) is 29.9. The summed E-state index contributed by atoms with van der Waals surface area (Å²) >= 11 is 0.830. The van der Waals surface area contributed by atoms with Gasteiger partial charge in [0.25, 0.3) is 0 Å². The molecule has 1 heterocycles. The topological polar surface area (TPSA) is 75.6 Å². The third-order valence-corrected chi connectivity index (χ3v) is 22.9. The van der Waals surface area contributed by atoms with Gasteiger partial charge < -0.3 is 0 Å². The zero-order chi connectivity index (χ0) is 22.4. The van der Waals surface area contributed by atoms with Crippen LogP contribution in [0.25, 0.3) is 0 Å². The number of aryl methyl sites for hydroxylation is 1. The van der Waals surface area contributed by atoms with Crippen molar-refractivity contribution in [3.8, 4) is 0 Å². The minimum absolute atomic E-state index is 0.139. The Morgan fingerprint density at radius 3 is 2.47 bits per heavy atom. The van der Waals surface area contributed by atoms with E-state index in [4.69, 9.17) is 4.43 Å². The van der Waals surface area contributed by atoms with Gasteiger partial charge in [-0.2, -0.15) is 0 Å². The van der Waals surface area contributed by atoms with Gasteiger partial charge in [-0.1, -0.05) is 0 Å². The van der Waals surface area contributed by atoms with Gasteiger partial charge in [-0.25, -0.2) is 0 Å². The Morgan fingerprint density at radius 1 is 1.23 bits per heavy atom. The molecule has 30 heavy (non-hydrogen) atoms. The summed E-state index contributed by atoms with van der Waals surface area (Å²) in [5.74, 6) is 0. The summed E-state index contributed by atoms with van der Waals surface area (Å²) in [5, 5.41) is 11.7. The molecule has 2 bridgehead atoms. The first-order valence-electron chi connectivity index (χ1n) is 10.5. The first kappa shape index (κ1) is 24.9. The van der Waals surface area contributed by atoms with Gasteiger partial charge in [0.1, 0.15) is 0 Å². The van der Waals surface area contributed by atoms with E-state index >= 15 is 0 Å². The van der Waals surface area contributed by atoms with Crippen molar-refractivity contribution in [1.82, 2.24) is 4.72 Å². The second-order valence-corrected chi connectivity index (χ2v) is 24.2. The van der Waals surface area contributed by atoms with Crippen LogP contribution in [0.15, 0.2) is 29.2 Å². The molecule has 1 aliphatic carbocycles. The fraction of sp³-hybridized carbons (Fsp3) is 0.714. The summed E-state index contributed by atoms with van der Waals surface area (Å²) in [6.45, 7) is 13.6. The molecule has 2 aliphatic rings. The Hall–Kier alpha value is 0.306. The van der Waals surface area contributed by atoms with Crippen molar-refractivity contribution >= 4 is 44.6 Å². The molecule has 4 atom stereocenters. The first-order chi connectivity index (χ1) is 13.7. The summed E-state index contributed by atoms with van der Waals surface area (Å²) in [6, 6.07) is 6.78. The van der Waals surface area contributed by atoms with Crippen molar-refractivity contribution < 1.29 is 18.0 Å². The van der Waals surface area contributed by atoms with E-state index in [0.717, 1.165) is 12.0 Å². The fourth-order valence-corrected chi connectivity index (χ4v) is 18.2. The molecule has 2 N–H and O–H groups in total. The van der Waals surface area contributed by atoms with Gasteiger partial charge in [0.2, 0.25) is 0 Å². The van der Waals surface area contributed by atoms with Crippen LogP contribution in [0.5, 0.6) is 0 Å². The van der Waals surface area contributed by atoms with Crippen molar-refractivity contribution in [2.75, 3.05) is 6.61 Å². The number of benzene rings is 1. The molecular weight excluding hydrogens is 548 g/mol. The number of fused-ring (bicyclic) bond motifs is 2. The molecule has 0 spiro atoms. The minimum atomic E-state index is -3.58. The van der Waals surface area contributed by atoms with Gasteiger partial charge in [0, 0.05) is 0 Å². The zero-order valence-electron chi connectivity index (χ0n) is 18.8. The van der Waals surface area contributed by atoms with Gasteiger partial charge in [-0.3, -0.25) is 0 Å². The second kappa shape index (κ2) is 8.92. The summed E-state index contributed by atoms with van der Waals surface area (Å²) in [5.41, 5.74) is 0.213. The molecule has 1 aromatic carbocycles. The van der Waals surface area contributed by atoms with Gasteiger partial charge in [-0.15, -0.1) is 0 Å². The number of nitrogens with one attached hydrogen (secondary N) is 1. The van der Waals surface area contributed by atoms with E-state index in [1.165, 1.54) is 0 Å². The Kier molecular flexibility index (Phi) is 7.42. The van der Waals surface area contributed by atoms with Crippen molar-refractivity contribution in [2.24, 2.45) is 0 Å². The number of hydrogen-bond donors (Lipinski definition) is 2. The molecule has 0 amide bonds. The number of aliphatic hydroxyl groups is 1. The van der Waals surface area contributed by atoms with Crippen LogP contribution in [0.1, 0.15) is 45.6 Å². The summed E-state index contributed by atoms with van der Waals surface area (Å²) < 4.78 is 35.2. The predicted molar refractivity (Wildman–Crippen MR) is 126 cm³/mol. The summed E-state index contributed by atoms with van der Waals surface area (Å²) in [4.78, 5) is 1.03. The maximum absolute atomic E-state index is 13.0. The number of sulfonamides is 1. The van der Waals surface area contributed by atoms with Crippen LogP contribution in [0, 0.1) is 6.92 Å². The van der Waals surface area contributed by atoms with E-state index in [1.807, 2.05) is 19.1 Å². The third kappa shape index (κ3) is 5.44. The molecule has 2 fully saturated rings. The molecule has 0 aromatic heterocycles. The van der Waals surface area contributed by atoms with E-state index < -0.39 is 23.9 Å². The summed E-state index contributed by atoms with van der Waals surface area (Å²) in [7, 11) is -5.44. The fourth-order valence-electron chi connectivity index (χ4n) is 3.68. The van der Waals surface area contributed by atoms with Crippen molar-refractivity contribution in [1.29, 1.82) is 0 Å². The Balaban J connectivity index is 1.69. The van der Waals surface area contributed by atoms with Crippen molar-refractivity contribution in [3.63, 3.8) is 0 Å². The molecule has 170 valence electrons. The van der Waals surface area contributed by atoms with E-state index in [-0.39, 0.29) is 11.1 Å². The number of hydrogen-bond acceptors (Lipinski definition) is 4. The Bertz CT molecular complexity index is 857. The Morgan fingerprint density at radius 2 is 1.87 bits per heavy atom. The van der Waals surface area contributed by atoms with Crippen molar-refractivity contribution in [3.05, 3.63) is 29.8 Å². The molecule has 3 rings (SSSR count). The average molecular weight is 584 g/mol. The molecule has 1 aliphatic heterocycles. The predicted octanol–water partition coefficient (Wildman–Crippen LogP) is 3.49. The second-order valence-electron chi connectivity index (χ2n) is 10.2. The van der Waals surface area contributed by atoms with Crippen LogP contribution in [-0.2, 0) is 14.4 Å². The molecule has 0 radical (unpaired) electrons. The van der Waals surface area contributed by atoms with Crippen LogP contribution < -0.4 is 4.72 Å². The first-order valence-corrected chi connectivity index (χ1v) is 21.2.